The molecule has 1 heterocycles. The molecule has 1 aromatic carbocycles. The molecule has 1 amide bonds. The Morgan fingerprint density at radius 2 is 1.92 bits per heavy atom. The average Bonchev–Trinajstić information content (AvgIpc) is 2.59. The molecule has 0 saturated heterocycles. The third-order valence-corrected chi connectivity index (χ3v) is 3.75. The lowest BCUT2D eigenvalue weighted by atomic mass is 10.2. The van der Waals surface area contributed by atoms with E-state index in [9.17, 15) is 4.79 Å². The second kappa shape index (κ2) is 9.17. The number of hydrogen-bond acceptors (Lipinski definition) is 5. The van der Waals surface area contributed by atoms with Gasteiger partial charge < -0.3 is 15.0 Å². The summed E-state index contributed by atoms with van der Waals surface area (Å²) in [7, 11) is 1.80. The van der Waals surface area contributed by atoms with Crippen LogP contribution in [-0.4, -0.2) is 40.5 Å². The predicted octanol–water partition coefficient (Wildman–Crippen LogP) is 4.19. The van der Waals surface area contributed by atoms with Crippen LogP contribution < -0.4 is 10.1 Å². The minimum atomic E-state index is -0.0901. The van der Waals surface area contributed by atoms with E-state index in [2.05, 4.69) is 22.2 Å². The second-order valence-corrected chi connectivity index (χ2v) is 6.58. The van der Waals surface area contributed by atoms with Crippen molar-refractivity contribution < 1.29 is 9.53 Å². The first-order valence-corrected chi connectivity index (χ1v) is 9.04. The summed E-state index contributed by atoms with van der Waals surface area (Å²) in [6, 6.07) is 9.34. The van der Waals surface area contributed by atoms with Gasteiger partial charge >= 0.3 is 0 Å². The summed E-state index contributed by atoms with van der Waals surface area (Å²) in [6.45, 7) is 8.59. The van der Waals surface area contributed by atoms with E-state index in [0.717, 1.165) is 30.8 Å². The van der Waals surface area contributed by atoms with Crippen LogP contribution in [0.1, 0.15) is 49.9 Å². The van der Waals surface area contributed by atoms with Crippen LogP contribution in [-0.2, 0) is 0 Å². The molecule has 0 spiro atoms. The Hall–Kier alpha value is -2.63. The topological polar surface area (TPSA) is 67.4 Å². The van der Waals surface area contributed by atoms with Gasteiger partial charge in [0.2, 0.25) is 0 Å². The maximum atomic E-state index is 12.5. The second-order valence-electron chi connectivity index (χ2n) is 6.58. The molecule has 0 saturated carbocycles. The van der Waals surface area contributed by atoms with E-state index >= 15 is 0 Å². The summed E-state index contributed by atoms with van der Waals surface area (Å²) in [4.78, 5) is 22.9. The van der Waals surface area contributed by atoms with Gasteiger partial charge in [-0.1, -0.05) is 13.3 Å². The summed E-state index contributed by atoms with van der Waals surface area (Å²) in [5, 5.41) is 3.23. The Balaban J connectivity index is 2.12. The molecule has 0 bridgehead atoms. The standard InChI is InChI=1S/C20H28N4O2/c1-6-7-12-24(5)20(25)18-13-19(22-15(4)21-18)23-16-8-10-17(11-9-16)26-14(2)3/h8-11,13-14H,6-7,12H2,1-5H3,(H,21,22,23). The Bertz CT molecular complexity index is 729. The molecular weight excluding hydrogens is 328 g/mol. The molecule has 0 aliphatic heterocycles. The first kappa shape index (κ1) is 19.7. The number of hydrogen-bond donors (Lipinski definition) is 1. The van der Waals surface area contributed by atoms with Gasteiger partial charge in [0, 0.05) is 25.3 Å². The highest BCUT2D eigenvalue weighted by atomic mass is 16.5. The minimum absolute atomic E-state index is 0.0901. The van der Waals surface area contributed by atoms with E-state index in [4.69, 9.17) is 4.74 Å². The number of carbonyl (C=O) groups excluding carboxylic acids is 1. The number of nitrogens with one attached hydrogen (secondary N) is 1. The zero-order valence-electron chi connectivity index (χ0n) is 16.2. The van der Waals surface area contributed by atoms with Crippen LogP contribution in [0.3, 0.4) is 0 Å². The number of rotatable bonds is 8. The molecule has 0 fully saturated rings. The lowest BCUT2D eigenvalue weighted by molar-refractivity contribution is 0.0787. The summed E-state index contributed by atoms with van der Waals surface area (Å²) in [5.41, 5.74) is 1.27. The molecule has 0 unspecified atom stereocenters. The molecule has 6 nitrogen and oxygen atoms in total. The Morgan fingerprint density at radius 3 is 2.54 bits per heavy atom. The first-order chi connectivity index (χ1) is 12.4. The summed E-state index contributed by atoms with van der Waals surface area (Å²) >= 11 is 0. The lowest BCUT2D eigenvalue weighted by Gasteiger charge is -2.17. The van der Waals surface area contributed by atoms with Crippen LogP contribution in [0, 0.1) is 6.92 Å². The Kier molecular flexibility index (Phi) is 6.95. The van der Waals surface area contributed by atoms with E-state index in [1.54, 1.807) is 24.9 Å². The fourth-order valence-electron chi connectivity index (χ4n) is 2.47. The fourth-order valence-corrected chi connectivity index (χ4v) is 2.47. The molecule has 1 N–H and O–H groups in total. The van der Waals surface area contributed by atoms with E-state index in [1.165, 1.54) is 0 Å². The summed E-state index contributed by atoms with van der Waals surface area (Å²) in [6.07, 6.45) is 2.16. The van der Waals surface area contributed by atoms with E-state index in [-0.39, 0.29) is 12.0 Å². The van der Waals surface area contributed by atoms with Crippen LogP contribution in [0.5, 0.6) is 5.75 Å². The van der Waals surface area contributed by atoms with Gasteiger partial charge in [-0.15, -0.1) is 0 Å². The molecule has 0 aliphatic rings. The zero-order chi connectivity index (χ0) is 19.1. The Labute approximate surface area is 155 Å². The van der Waals surface area contributed by atoms with Crippen molar-refractivity contribution in [2.75, 3.05) is 18.9 Å². The van der Waals surface area contributed by atoms with Crippen molar-refractivity contribution in [3.63, 3.8) is 0 Å². The van der Waals surface area contributed by atoms with Crippen LogP contribution in [0.15, 0.2) is 30.3 Å². The zero-order valence-corrected chi connectivity index (χ0v) is 16.2. The number of aromatic nitrogens is 2. The molecule has 0 radical (unpaired) electrons. The minimum Gasteiger partial charge on any atom is -0.491 e. The highest BCUT2D eigenvalue weighted by molar-refractivity contribution is 5.93. The third kappa shape index (κ3) is 5.72. The van der Waals surface area contributed by atoms with Crippen molar-refractivity contribution >= 4 is 17.4 Å². The van der Waals surface area contributed by atoms with Gasteiger partial charge in [-0.25, -0.2) is 9.97 Å². The van der Waals surface area contributed by atoms with Crippen molar-refractivity contribution in [2.24, 2.45) is 0 Å². The van der Waals surface area contributed by atoms with Gasteiger partial charge in [0.25, 0.3) is 5.91 Å². The van der Waals surface area contributed by atoms with Crippen LogP contribution in [0.25, 0.3) is 0 Å². The molecule has 26 heavy (non-hydrogen) atoms. The smallest absolute Gasteiger partial charge is 0.272 e. The molecule has 0 aliphatic carbocycles. The molecule has 0 atom stereocenters. The number of anilines is 2. The number of benzene rings is 1. The number of unbranched alkanes of at least 4 members (excludes halogenated alkanes) is 1. The highest BCUT2D eigenvalue weighted by Gasteiger charge is 2.15. The predicted molar refractivity (Wildman–Crippen MR) is 104 cm³/mol. The van der Waals surface area contributed by atoms with E-state index < -0.39 is 0 Å². The van der Waals surface area contributed by atoms with E-state index in [1.807, 2.05) is 38.1 Å². The van der Waals surface area contributed by atoms with Gasteiger partial charge in [-0.2, -0.15) is 0 Å². The van der Waals surface area contributed by atoms with Crippen LogP contribution in [0.4, 0.5) is 11.5 Å². The summed E-state index contributed by atoms with van der Waals surface area (Å²) < 4.78 is 5.64. The highest BCUT2D eigenvalue weighted by Crippen LogP contribution is 2.20. The lowest BCUT2D eigenvalue weighted by Crippen LogP contribution is -2.28. The SMILES string of the molecule is CCCCN(C)C(=O)c1cc(Nc2ccc(OC(C)C)cc2)nc(C)n1. The molecule has 140 valence electrons. The normalized spacial score (nSPS) is 10.7. The number of ether oxygens (including phenoxy) is 1. The van der Waals surface area contributed by atoms with Crippen molar-refractivity contribution in [2.45, 2.75) is 46.6 Å². The number of aryl methyl sites for hydroxylation is 1. The van der Waals surface area contributed by atoms with E-state index in [0.29, 0.717) is 17.3 Å². The maximum absolute atomic E-state index is 12.5. The van der Waals surface area contributed by atoms with Gasteiger partial charge in [-0.3, -0.25) is 4.79 Å². The molecule has 2 aromatic rings. The number of nitrogens with zero attached hydrogens (tertiary/aromatic N) is 3. The molecule has 1 aromatic heterocycles. The average molecular weight is 356 g/mol. The van der Waals surface area contributed by atoms with Crippen molar-refractivity contribution in [1.29, 1.82) is 0 Å². The van der Waals surface area contributed by atoms with Gasteiger partial charge in [0.05, 0.1) is 6.10 Å². The quantitative estimate of drug-likeness (QED) is 0.768. The first-order valence-electron chi connectivity index (χ1n) is 9.04. The van der Waals surface area contributed by atoms with Crippen molar-refractivity contribution in [3.8, 4) is 5.75 Å². The Morgan fingerprint density at radius 1 is 1.23 bits per heavy atom. The number of carbonyl (C=O) groups is 1. The van der Waals surface area contributed by atoms with Gasteiger partial charge in [0.1, 0.15) is 23.1 Å². The van der Waals surface area contributed by atoms with Crippen LogP contribution in [0.2, 0.25) is 0 Å². The molecule has 2 rings (SSSR count). The fraction of sp³-hybridized carbons (Fsp3) is 0.450. The molecule has 6 heteroatoms. The maximum Gasteiger partial charge on any atom is 0.272 e. The van der Waals surface area contributed by atoms with Gasteiger partial charge in [0.15, 0.2) is 0 Å². The van der Waals surface area contributed by atoms with Crippen molar-refractivity contribution in [3.05, 3.63) is 41.9 Å². The number of amides is 1. The largest absolute Gasteiger partial charge is 0.491 e. The van der Waals surface area contributed by atoms with Gasteiger partial charge in [-0.05, 0) is 51.5 Å². The van der Waals surface area contributed by atoms with Crippen LogP contribution >= 0.6 is 0 Å². The monoisotopic (exact) mass is 356 g/mol. The summed E-state index contributed by atoms with van der Waals surface area (Å²) in [5.74, 6) is 1.88. The van der Waals surface area contributed by atoms with Crippen molar-refractivity contribution in [1.82, 2.24) is 14.9 Å². The third-order valence-electron chi connectivity index (χ3n) is 3.75. The molecular formula is C20H28N4O2.